The van der Waals surface area contributed by atoms with Crippen LogP contribution in [0.2, 0.25) is 0 Å². The SMILES string of the molecule is COC(=O)COc1c(C)cc(CNCc2nnc3ccccn23)cc1C. The summed E-state index contributed by atoms with van der Waals surface area (Å²) in [6.07, 6.45) is 1.95. The van der Waals surface area contributed by atoms with Gasteiger partial charge in [0.25, 0.3) is 0 Å². The molecule has 1 N–H and O–H groups in total. The molecule has 0 amide bonds. The van der Waals surface area contributed by atoms with E-state index in [1.54, 1.807) is 0 Å². The summed E-state index contributed by atoms with van der Waals surface area (Å²) in [6.45, 7) is 5.16. The number of carbonyl (C=O) groups excluding carboxylic acids is 1. The third-order valence-corrected chi connectivity index (χ3v) is 4.08. The first-order valence-corrected chi connectivity index (χ1v) is 8.37. The van der Waals surface area contributed by atoms with E-state index >= 15 is 0 Å². The van der Waals surface area contributed by atoms with Crippen LogP contribution in [-0.4, -0.2) is 34.3 Å². The lowest BCUT2D eigenvalue weighted by atomic mass is 10.1. The molecule has 1 aromatic carbocycles. The van der Waals surface area contributed by atoms with Gasteiger partial charge in [0.15, 0.2) is 18.1 Å². The van der Waals surface area contributed by atoms with E-state index in [-0.39, 0.29) is 6.61 Å². The Morgan fingerprint density at radius 1 is 1.15 bits per heavy atom. The Labute approximate surface area is 152 Å². The van der Waals surface area contributed by atoms with E-state index in [2.05, 4.69) is 32.4 Å². The van der Waals surface area contributed by atoms with Crippen LogP contribution in [0.4, 0.5) is 0 Å². The van der Waals surface area contributed by atoms with Gasteiger partial charge in [0, 0.05) is 12.7 Å². The second-order valence-electron chi connectivity index (χ2n) is 6.07. The second kappa shape index (κ2) is 7.97. The highest BCUT2D eigenvalue weighted by molar-refractivity contribution is 5.71. The molecule has 2 heterocycles. The zero-order valence-electron chi connectivity index (χ0n) is 15.2. The smallest absolute Gasteiger partial charge is 0.343 e. The van der Waals surface area contributed by atoms with Gasteiger partial charge in [0.05, 0.1) is 13.7 Å². The number of pyridine rings is 1. The molecule has 3 rings (SSSR count). The van der Waals surface area contributed by atoms with E-state index in [1.807, 2.05) is 42.6 Å². The fourth-order valence-electron chi connectivity index (χ4n) is 2.89. The second-order valence-corrected chi connectivity index (χ2v) is 6.07. The minimum Gasteiger partial charge on any atom is -0.481 e. The Morgan fingerprint density at radius 2 is 1.92 bits per heavy atom. The minimum atomic E-state index is -0.393. The van der Waals surface area contributed by atoms with Crippen molar-refractivity contribution in [2.75, 3.05) is 13.7 Å². The lowest BCUT2D eigenvalue weighted by Gasteiger charge is -2.13. The van der Waals surface area contributed by atoms with Gasteiger partial charge in [-0.15, -0.1) is 10.2 Å². The summed E-state index contributed by atoms with van der Waals surface area (Å²) >= 11 is 0. The highest BCUT2D eigenvalue weighted by Crippen LogP contribution is 2.25. The average Bonchev–Trinajstić information content (AvgIpc) is 3.04. The predicted octanol–water partition coefficient (Wildman–Crippen LogP) is 2.19. The first-order chi connectivity index (χ1) is 12.6. The van der Waals surface area contributed by atoms with Crippen molar-refractivity contribution in [1.29, 1.82) is 0 Å². The van der Waals surface area contributed by atoms with Crippen LogP contribution in [0.5, 0.6) is 5.75 Å². The van der Waals surface area contributed by atoms with Crippen LogP contribution in [0.15, 0.2) is 36.5 Å². The van der Waals surface area contributed by atoms with E-state index < -0.39 is 5.97 Å². The molecule has 0 unspecified atom stereocenters. The Hall–Kier alpha value is -2.93. The number of methoxy groups -OCH3 is 1. The van der Waals surface area contributed by atoms with E-state index in [0.29, 0.717) is 13.1 Å². The number of hydrogen-bond acceptors (Lipinski definition) is 6. The molecule has 0 aliphatic heterocycles. The summed E-state index contributed by atoms with van der Waals surface area (Å²) in [5.74, 6) is 1.20. The zero-order valence-corrected chi connectivity index (χ0v) is 15.2. The van der Waals surface area contributed by atoms with Crippen LogP contribution in [0.1, 0.15) is 22.5 Å². The number of ether oxygens (including phenoxy) is 2. The summed E-state index contributed by atoms with van der Waals surface area (Å²) in [6, 6.07) is 9.93. The molecule has 7 heteroatoms. The van der Waals surface area contributed by atoms with Crippen molar-refractivity contribution >= 4 is 11.6 Å². The molecular weight excluding hydrogens is 332 g/mol. The summed E-state index contributed by atoms with van der Waals surface area (Å²) < 4.78 is 12.1. The number of nitrogens with zero attached hydrogens (tertiary/aromatic N) is 3. The van der Waals surface area contributed by atoms with Crippen LogP contribution in [0.3, 0.4) is 0 Å². The molecule has 0 aliphatic carbocycles. The summed E-state index contributed by atoms with van der Waals surface area (Å²) in [5, 5.41) is 11.7. The van der Waals surface area contributed by atoms with Crippen LogP contribution < -0.4 is 10.1 Å². The zero-order chi connectivity index (χ0) is 18.5. The van der Waals surface area contributed by atoms with Gasteiger partial charge >= 0.3 is 5.97 Å². The van der Waals surface area contributed by atoms with Crippen molar-refractivity contribution in [3.63, 3.8) is 0 Å². The van der Waals surface area contributed by atoms with E-state index in [1.165, 1.54) is 7.11 Å². The maximum absolute atomic E-state index is 11.3. The number of benzene rings is 1. The lowest BCUT2D eigenvalue weighted by molar-refractivity contribution is -0.142. The first kappa shape index (κ1) is 17.9. The first-order valence-electron chi connectivity index (χ1n) is 8.37. The Bertz CT molecular complexity index is 897. The topological polar surface area (TPSA) is 77.8 Å². The fourth-order valence-corrected chi connectivity index (χ4v) is 2.89. The number of esters is 1. The maximum atomic E-state index is 11.3. The average molecular weight is 354 g/mol. The van der Waals surface area contributed by atoms with Crippen LogP contribution in [0.25, 0.3) is 5.65 Å². The van der Waals surface area contributed by atoms with E-state index in [4.69, 9.17) is 4.74 Å². The molecule has 0 saturated heterocycles. The molecule has 2 aromatic heterocycles. The summed E-state index contributed by atoms with van der Waals surface area (Å²) in [7, 11) is 1.35. The number of fused-ring (bicyclic) bond motifs is 1. The van der Waals surface area contributed by atoms with E-state index in [9.17, 15) is 4.79 Å². The largest absolute Gasteiger partial charge is 0.481 e. The molecular formula is C19H22N4O3. The van der Waals surface area contributed by atoms with Gasteiger partial charge in [-0.05, 0) is 42.7 Å². The number of carbonyl (C=O) groups is 1. The van der Waals surface area contributed by atoms with Crippen molar-refractivity contribution in [3.8, 4) is 5.75 Å². The van der Waals surface area contributed by atoms with Crippen LogP contribution in [0, 0.1) is 13.8 Å². The molecule has 0 radical (unpaired) electrons. The highest BCUT2D eigenvalue weighted by Gasteiger charge is 2.10. The third-order valence-electron chi connectivity index (χ3n) is 4.08. The van der Waals surface area contributed by atoms with Crippen LogP contribution in [-0.2, 0) is 22.6 Å². The standard InChI is InChI=1S/C19H22N4O3/c1-13-8-15(9-14(2)19(13)26-12-18(24)25-3)10-20-11-17-22-21-16-6-4-5-7-23(16)17/h4-9,20H,10-12H2,1-3H3. The number of rotatable bonds is 7. The van der Waals surface area contributed by atoms with Crippen molar-refractivity contribution in [2.45, 2.75) is 26.9 Å². The highest BCUT2D eigenvalue weighted by atomic mass is 16.6. The van der Waals surface area contributed by atoms with Gasteiger partial charge in [-0.2, -0.15) is 0 Å². The van der Waals surface area contributed by atoms with Gasteiger partial charge in [0.1, 0.15) is 5.75 Å². The molecule has 0 spiro atoms. The molecule has 0 aliphatic rings. The number of aromatic nitrogens is 3. The maximum Gasteiger partial charge on any atom is 0.343 e. The van der Waals surface area contributed by atoms with Crippen LogP contribution >= 0.6 is 0 Å². The quantitative estimate of drug-likeness (QED) is 0.656. The van der Waals surface area contributed by atoms with E-state index in [0.717, 1.165) is 33.9 Å². The lowest BCUT2D eigenvalue weighted by Crippen LogP contribution is -2.16. The van der Waals surface area contributed by atoms with Crippen molar-refractivity contribution in [3.05, 3.63) is 59.0 Å². The van der Waals surface area contributed by atoms with Gasteiger partial charge in [0.2, 0.25) is 0 Å². The Balaban J connectivity index is 1.62. The predicted molar refractivity (Wildman–Crippen MR) is 97.0 cm³/mol. The monoisotopic (exact) mass is 354 g/mol. The Morgan fingerprint density at radius 3 is 2.65 bits per heavy atom. The molecule has 0 atom stereocenters. The van der Waals surface area contributed by atoms with Gasteiger partial charge in [-0.25, -0.2) is 4.79 Å². The molecule has 7 nitrogen and oxygen atoms in total. The number of nitrogens with one attached hydrogen (secondary N) is 1. The van der Waals surface area contributed by atoms with Crippen molar-refractivity contribution < 1.29 is 14.3 Å². The summed E-state index contributed by atoms with van der Waals surface area (Å²) in [5.41, 5.74) is 3.94. The molecule has 0 fully saturated rings. The third kappa shape index (κ3) is 4.00. The molecule has 0 saturated carbocycles. The van der Waals surface area contributed by atoms with Gasteiger partial charge in [-0.3, -0.25) is 4.40 Å². The Kier molecular flexibility index (Phi) is 5.48. The molecule has 136 valence electrons. The fraction of sp³-hybridized carbons (Fsp3) is 0.316. The van der Waals surface area contributed by atoms with Gasteiger partial charge in [-0.1, -0.05) is 18.2 Å². The minimum absolute atomic E-state index is 0.0876. The summed E-state index contributed by atoms with van der Waals surface area (Å²) in [4.78, 5) is 11.3. The number of aryl methyl sites for hydroxylation is 2. The van der Waals surface area contributed by atoms with Gasteiger partial charge < -0.3 is 14.8 Å². The van der Waals surface area contributed by atoms with Crippen molar-refractivity contribution in [2.24, 2.45) is 0 Å². The number of hydrogen-bond donors (Lipinski definition) is 1. The molecule has 0 bridgehead atoms. The normalized spacial score (nSPS) is 10.9. The van der Waals surface area contributed by atoms with Crippen molar-refractivity contribution in [1.82, 2.24) is 19.9 Å². The molecule has 3 aromatic rings. The molecule has 26 heavy (non-hydrogen) atoms.